The van der Waals surface area contributed by atoms with Gasteiger partial charge in [-0.15, -0.1) is 0 Å². The third kappa shape index (κ3) is 2.78. The molecule has 0 spiro atoms. The Bertz CT molecular complexity index is 843. The van der Waals surface area contributed by atoms with Gasteiger partial charge in [-0.25, -0.2) is 4.79 Å². The second-order valence-electron chi connectivity index (χ2n) is 6.63. The SMILES string of the molecule is COCOc1c(C(=O)OC)c2c(c3ccccc13)OC(C)(C)[C@H](O)[C@@H]2O. The Morgan fingerprint density at radius 1 is 1.19 bits per heavy atom. The van der Waals surface area contributed by atoms with E-state index in [-0.39, 0.29) is 23.7 Å². The van der Waals surface area contributed by atoms with Crippen LogP contribution < -0.4 is 9.47 Å². The van der Waals surface area contributed by atoms with E-state index >= 15 is 0 Å². The van der Waals surface area contributed by atoms with E-state index in [1.165, 1.54) is 14.2 Å². The van der Waals surface area contributed by atoms with Gasteiger partial charge in [-0.3, -0.25) is 0 Å². The molecule has 0 fully saturated rings. The molecule has 2 N–H and O–H groups in total. The highest BCUT2D eigenvalue weighted by Gasteiger charge is 2.46. The maximum atomic E-state index is 12.5. The summed E-state index contributed by atoms with van der Waals surface area (Å²) in [5, 5.41) is 22.5. The Morgan fingerprint density at radius 2 is 1.85 bits per heavy atom. The zero-order valence-electron chi connectivity index (χ0n) is 15.1. The highest BCUT2D eigenvalue weighted by atomic mass is 16.7. The quantitative estimate of drug-likeness (QED) is 0.636. The highest BCUT2D eigenvalue weighted by Crippen LogP contribution is 2.49. The lowest BCUT2D eigenvalue weighted by Gasteiger charge is -2.41. The highest BCUT2D eigenvalue weighted by molar-refractivity contribution is 6.06. The molecule has 0 saturated carbocycles. The van der Waals surface area contributed by atoms with Crippen molar-refractivity contribution in [3.8, 4) is 11.5 Å². The molecule has 0 aromatic heterocycles. The maximum Gasteiger partial charge on any atom is 0.342 e. The van der Waals surface area contributed by atoms with Gasteiger partial charge in [0, 0.05) is 23.4 Å². The van der Waals surface area contributed by atoms with E-state index in [9.17, 15) is 15.0 Å². The minimum atomic E-state index is -1.35. The van der Waals surface area contributed by atoms with E-state index in [0.29, 0.717) is 16.5 Å². The van der Waals surface area contributed by atoms with E-state index in [4.69, 9.17) is 18.9 Å². The van der Waals surface area contributed by atoms with E-state index in [1.54, 1.807) is 32.0 Å². The first-order chi connectivity index (χ1) is 12.3. The van der Waals surface area contributed by atoms with Gasteiger partial charge in [-0.05, 0) is 13.8 Å². The third-order valence-corrected chi connectivity index (χ3v) is 4.54. The summed E-state index contributed by atoms with van der Waals surface area (Å²) in [5.41, 5.74) is -0.883. The molecule has 1 aliphatic rings. The number of fused-ring (bicyclic) bond motifs is 3. The summed E-state index contributed by atoms with van der Waals surface area (Å²) in [7, 11) is 2.70. The van der Waals surface area contributed by atoms with Crippen molar-refractivity contribution in [1.29, 1.82) is 0 Å². The topological polar surface area (TPSA) is 94.5 Å². The Morgan fingerprint density at radius 3 is 2.46 bits per heavy atom. The average molecular weight is 362 g/mol. The monoisotopic (exact) mass is 362 g/mol. The van der Waals surface area contributed by atoms with Crippen molar-refractivity contribution in [2.75, 3.05) is 21.0 Å². The van der Waals surface area contributed by atoms with Crippen LogP contribution in [0, 0.1) is 0 Å². The number of aliphatic hydroxyl groups excluding tert-OH is 2. The van der Waals surface area contributed by atoms with Crippen molar-refractivity contribution < 1.29 is 34.0 Å². The molecule has 0 bridgehead atoms. The lowest BCUT2D eigenvalue weighted by Crippen LogP contribution is -2.49. The van der Waals surface area contributed by atoms with Gasteiger partial charge in [0.1, 0.15) is 34.9 Å². The smallest absolute Gasteiger partial charge is 0.342 e. The number of methoxy groups -OCH3 is 2. The average Bonchev–Trinajstić information content (AvgIpc) is 2.63. The number of carbonyl (C=O) groups is 1. The predicted molar refractivity (Wildman–Crippen MR) is 93.5 cm³/mol. The van der Waals surface area contributed by atoms with Gasteiger partial charge in [0.05, 0.1) is 7.11 Å². The number of benzene rings is 2. The number of hydrogen-bond acceptors (Lipinski definition) is 7. The molecule has 0 saturated heterocycles. The van der Waals surface area contributed by atoms with Gasteiger partial charge in [-0.2, -0.15) is 0 Å². The molecule has 0 radical (unpaired) electrons. The molecule has 2 aromatic carbocycles. The zero-order valence-corrected chi connectivity index (χ0v) is 15.1. The van der Waals surface area contributed by atoms with Crippen molar-refractivity contribution >= 4 is 16.7 Å². The fourth-order valence-electron chi connectivity index (χ4n) is 3.22. The van der Waals surface area contributed by atoms with Crippen molar-refractivity contribution in [2.24, 2.45) is 0 Å². The van der Waals surface area contributed by atoms with Crippen molar-refractivity contribution in [3.63, 3.8) is 0 Å². The normalized spacial score (nSPS) is 21.0. The molecule has 2 atom stereocenters. The molecule has 0 aliphatic carbocycles. The van der Waals surface area contributed by atoms with Crippen LogP contribution in [0.5, 0.6) is 11.5 Å². The van der Waals surface area contributed by atoms with Gasteiger partial charge >= 0.3 is 5.97 Å². The molecule has 3 rings (SSSR count). The Hall–Kier alpha value is -2.35. The molecule has 0 amide bonds. The lowest BCUT2D eigenvalue weighted by atomic mass is 9.84. The van der Waals surface area contributed by atoms with E-state index < -0.39 is 23.8 Å². The summed E-state index contributed by atoms with van der Waals surface area (Å²) < 4.78 is 21.5. The number of hydrogen-bond donors (Lipinski definition) is 2. The minimum Gasteiger partial charge on any atom is -0.484 e. The summed E-state index contributed by atoms with van der Waals surface area (Å²) in [6.07, 6.45) is -2.59. The predicted octanol–water partition coefficient (Wildman–Crippen LogP) is 2.17. The fourth-order valence-corrected chi connectivity index (χ4v) is 3.22. The van der Waals surface area contributed by atoms with Gasteiger partial charge < -0.3 is 29.2 Å². The zero-order chi connectivity index (χ0) is 19.1. The summed E-state index contributed by atoms with van der Waals surface area (Å²) in [4.78, 5) is 12.5. The molecule has 0 unspecified atom stereocenters. The van der Waals surface area contributed by atoms with Crippen LogP contribution in [0.4, 0.5) is 0 Å². The van der Waals surface area contributed by atoms with Crippen LogP contribution in [0.2, 0.25) is 0 Å². The van der Waals surface area contributed by atoms with Crippen LogP contribution in [-0.2, 0) is 9.47 Å². The number of aliphatic hydroxyl groups is 2. The van der Waals surface area contributed by atoms with Crippen molar-refractivity contribution in [3.05, 3.63) is 35.4 Å². The summed E-state index contributed by atoms with van der Waals surface area (Å²) in [5.74, 6) is -0.163. The Labute approximate surface area is 151 Å². The number of ether oxygens (including phenoxy) is 4. The van der Waals surface area contributed by atoms with Crippen molar-refractivity contribution in [2.45, 2.75) is 31.7 Å². The molecule has 1 aliphatic heterocycles. The first kappa shape index (κ1) is 18.4. The lowest BCUT2D eigenvalue weighted by molar-refractivity contribution is -0.111. The number of rotatable bonds is 4. The molecule has 7 heteroatoms. The summed E-state index contributed by atoms with van der Waals surface area (Å²) in [6.45, 7) is 3.25. The molecule has 1 heterocycles. The van der Waals surface area contributed by atoms with Crippen molar-refractivity contribution in [1.82, 2.24) is 0 Å². The minimum absolute atomic E-state index is 0.0142. The summed E-state index contributed by atoms with van der Waals surface area (Å²) >= 11 is 0. The Balaban J connectivity index is 2.42. The van der Waals surface area contributed by atoms with Crippen LogP contribution in [-0.4, -0.2) is 48.9 Å². The second-order valence-corrected chi connectivity index (χ2v) is 6.63. The second kappa shape index (κ2) is 6.75. The first-order valence-corrected chi connectivity index (χ1v) is 8.17. The third-order valence-electron chi connectivity index (χ3n) is 4.54. The van der Waals surface area contributed by atoms with Gasteiger partial charge in [0.2, 0.25) is 0 Å². The van der Waals surface area contributed by atoms with Crippen LogP contribution in [0.25, 0.3) is 10.8 Å². The van der Waals surface area contributed by atoms with Crippen LogP contribution >= 0.6 is 0 Å². The fraction of sp³-hybridized carbons (Fsp3) is 0.421. The van der Waals surface area contributed by atoms with E-state index in [0.717, 1.165) is 0 Å². The van der Waals surface area contributed by atoms with Gasteiger partial charge in [-0.1, -0.05) is 24.3 Å². The number of esters is 1. The molecule has 26 heavy (non-hydrogen) atoms. The van der Waals surface area contributed by atoms with Crippen LogP contribution in [0.15, 0.2) is 24.3 Å². The standard InChI is InChI=1S/C19H22O7/c1-19(2)17(21)14(20)12-13(18(22)24-4)15(25-9-23-3)10-7-5-6-8-11(10)16(12)26-19/h5-8,14,17,20-21H,9H2,1-4H3/t14-,17-/m1/s1. The molecule has 140 valence electrons. The molecular formula is C19H22O7. The van der Waals surface area contributed by atoms with Gasteiger partial charge in [0.25, 0.3) is 0 Å². The maximum absolute atomic E-state index is 12.5. The van der Waals surface area contributed by atoms with E-state index in [2.05, 4.69) is 0 Å². The molecule has 7 nitrogen and oxygen atoms in total. The van der Waals surface area contributed by atoms with Gasteiger partial charge in [0.15, 0.2) is 6.79 Å². The molecule has 2 aromatic rings. The Kier molecular flexibility index (Phi) is 4.79. The van der Waals surface area contributed by atoms with Crippen LogP contribution in [0.1, 0.15) is 35.9 Å². The van der Waals surface area contributed by atoms with E-state index in [1.807, 2.05) is 6.07 Å². The van der Waals surface area contributed by atoms with Crippen LogP contribution in [0.3, 0.4) is 0 Å². The first-order valence-electron chi connectivity index (χ1n) is 8.17. The largest absolute Gasteiger partial charge is 0.484 e. The summed E-state index contributed by atoms with van der Waals surface area (Å²) in [6, 6.07) is 7.19. The molecular weight excluding hydrogens is 340 g/mol. The number of carbonyl (C=O) groups excluding carboxylic acids is 1.